The van der Waals surface area contributed by atoms with E-state index >= 15 is 0 Å². The minimum absolute atomic E-state index is 0.0392. The first-order valence-corrected chi connectivity index (χ1v) is 7.54. The molecule has 1 rings (SSSR count). The lowest BCUT2D eigenvalue weighted by atomic mass is 9.76. The molecule has 0 spiro atoms. The van der Waals surface area contributed by atoms with Crippen LogP contribution in [0, 0.1) is 0 Å². The zero-order chi connectivity index (χ0) is 15.2. The summed E-state index contributed by atoms with van der Waals surface area (Å²) in [5, 5.41) is 3.13. The number of nitrogens with one attached hydrogen (secondary N) is 1. The van der Waals surface area contributed by atoms with Crippen molar-refractivity contribution in [1.29, 1.82) is 0 Å². The van der Waals surface area contributed by atoms with Crippen LogP contribution in [0.2, 0.25) is 0 Å². The van der Waals surface area contributed by atoms with E-state index in [1.54, 1.807) is 0 Å². The number of nitrogens with two attached hydrogens (primary N) is 1. The van der Waals surface area contributed by atoms with Gasteiger partial charge in [-0.05, 0) is 18.4 Å². The molecule has 0 aliphatic carbocycles. The molecule has 0 aromatic heterocycles. The van der Waals surface area contributed by atoms with Crippen molar-refractivity contribution in [3.8, 4) is 0 Å². The van der Waals surface area contributed by atoms with E-state index < -0.39 is 6.04 Å². The zero-order valence-electron chi connectivity index (χ0n) is 13.1. The number of carbonyl (C=O) groups is 1. The Balaban J connectivity index is 2.82. The third-order valence-electron chi connectivity index (χ3n) is 4.05. The van der Waals surface area contributed by atoms with Gasteiger partial charge in [0, 0.05) is 11.5 Å². The summed E-state index contributed by atoms with van der Waals surface area (Å²) >= 11 is 0. The summed E-state index contributed by atoms with van der Waals surface area (Å²) in [5.74, 6) is -0.0392. The van der Waals surface area contributed by atoms with Crippen LogP contribution in [0.3, 0.4) is 0 Å². The molecule has 2 unspecified atom stereocenters. The Labute approximate surface area is 122 Å². The van der Waals surface area contributed by atoms with Crippen LogP contribution in [0.4, 0.5) is 0 Å². The lowest BCUT2D eigenvalue weighted by Crippen LogP contribution is -2.52. The molecule has 2 atom stereocenters. The molecule has 0 saturated carbocycles. The van der Waals surface area contributed by atoms with Crippen molar-refractivity contribution in [3.63, 3.8) is 0 Å². The first-order valence-electron chi connectivity index (χ1n) is 7.54. The highest BCUT2D eigenvalue weighted by atomic mass is 16.2. The summed E-state index contributed by atoms with van der Waals surface area (Å²) in [6.45, 7) is 8.48. The van der Waals surface area contributed by atoms with Crippen LogP contribution < -0.4 is 11.1 Å². The van der Waals surface area contributed by atoms with Gasteiger partial charge >= 0.3 is 0 Å². The fourth-order valence-corrected chi connectivity index (χ4v) is 2.58. The Morgan fingerprint density at radius 3 is 2.35 bits per heavy atom. The van der Waals surface area contributed by atoms with E-state index in [-0.39, 0.29) is 17.4 Å². The molecule has 20 heavy (non-hydrogen) atoms. The number of carbonyl (C=O) groups excluding carboxylic acids is 1. The Bertz CT molecular complexity index is 414. The summed E-state index contributed by atoms with van der Waals surface area (Å²) in [5.41, 5.74) is 7.02. The molecule has 0 aliphatic rings. The van der Waals surface area contributed by atoms with E-state index in [2.05, 4.69) is 38.2 Å². The van der Waals surface area contributed by atoms with Crippen molar-refractivity contribution in [2.24, 2.45) is 5.73 Å². The van der Waals surface area contributed by atoms with E-state index in [1.165, 1.54) is 5.56 Å². The fourth-order valence-electron chi connectivity index (χ4n) is 2.58. The van der Waals surface area contributed by atoms with Gasteiger partial charge in [-0.15, -0.1) is 0 Å². The Morgan fingerprint density at radius 1 is 1.25 bits per heavy atom. The minimum atomic E-state index is -0.402. The van der Waals surface area contributed by atoms with Crippen LogP contribution >= 0.6 is 0 Å². The highest BCUT2D eigenvalue weighted by Crippen LogP contribution is 2.28. The Hall–Kier alpha value is -1.35. The summed E-state index contributed by atoms with van der Waals surface area (Å²) < 4.78 is 0. The van der Waals surface area contributed by atoms with Gasteiger partial charge in [0.05, 0.1) is 6.04 Å². The van der Waals surface area contributed by atoms with Gasteiger partial charge < -0.3 is 11.1 Å². The zero-order valence-corrected chi connectivity index (χ0v) is 13.1. The molecule has 1 aromatic carbocycles. The van der Waals surface area contributed by atoms with Crippen molar-refractivity contribution in [3.05, 3.63) is 35.9 Å². The van der Waals surface area contributed by atoms with Crippen molar-refractivity contribution < 1.29 is 4.79 Å². The summed E-state index contributed by atoms with van der Waals surface area (Å²) in [7, 11) is 0. The molecular weight excluding hydrogens is 248 g/mol. The lowest BCUT2D eigenvalue weighted by Gasteiger charge is -2.35. The molecule has 3 heteroatoms. The van der Waals surface area contributed by atoms with Crippen molar-refractivity contribution >= 4 is 5.91 Å². The quantitative estimate of drug-likeness (QED) is 0.804. The molecule has 0 heterocycles. The molecule has 0 radical (unpaired) electrons. The molecule has 0 aliphatic heterocycles. The number of amides is 1. The maximum atomic E-state index is 12.1. The van der Waals surface area contributed by atoms with Gasteiger partial charge in [0.2, 0.25) is 5.91 Å². The van der Waals surface area contributed by atoms with Gasteiger partial charge in [-0.3, -0.25) is 4.79 Å². The second-order valence-electron chi connectivity index (χ2n) is 5.95. The number of hydrogen-bond donors (Lipinski definition) is 2. The highest BCUT2D eigenvalue weighted by Gasteiger charge is 2.31. The molecule has 112 valence electrons. The molecule has 0 fully saturated rings. The van der Waals surface area contributed by atoms with Crippen LogP contribution in [-0.4, -0.2) is 18.0 Å². The molecule has 3 N–H and O–H groups in total. The lowest BCUT2D eigenvalue weighted by molar-refractivity contribution is -0.123. The van der Waals surface area contributed by atoms with Gasteiger partial charge in [-0.1, -0.05) is 64.4 Å². The van der Waals surface area contributed by atoms with E-state index in [1.807, 2.05) is 25.1 Å². The van der Waals surface area contributed by atoms with E-state index in [0.29, 0.717) is 0 Å². The van der Waals surface area contributed by atoms with E-state index in [0.717, 1.165) is 19.3 Å². The van der Waals surface area contributed by atoms with Crippen LogP contribution in [0.5, 0.6) is 0 Å². The Kier molecular flexibility index (Phi) is 6.21. The van der Waals surface area contributed by atoms with Crippen LogP contribution in [-0.2, 0) is 10.2 Å². The van der Waals surface area contributed by atoms with Gasteiger partial charge in [-0.2, -0.15) is 0 Å². The predicted molar refractivity (Wildman–Crippen MR) is 84.6 cm³/mol. The number of benzene rings is 1. The predicted octanol–water partition coefficient (Wildman–Crippen LogP) is 2.99. The van der Waals surface area contributed by atoms with Gasteiger partial charge in [0.15, 0.2) is 0 Å². The largest absolute Gasteiger partial charge is 0.351 e. The Morgan fingerprint density at radius 2 is 1.85 bits per heavy atom. The van der Waals surface area contributed by atoms with Crippen LogP contribution in [0.1, 0.15) is 52.5 Å². The second-order valence-corrected chi connectivity index (χ2v) is 5.95. The van der Waals surface area contributed by atoms with Crippen LogP contribution in [0.15, 0.2) is 30.3 Å². The van der Waals surface area contributed by atoms with Crippen molar-refractivity contribution in [1.82, 2.24) is 5.32 Å². The van der Waals surface area contributed by atoms with Crippen molar-refractivity contribution in [2.45, 2.75) is 64.5 Å². The maximum absolute atomic E-state index is 12.1. The third kappa shape index (κ3) is 4.07. The molecule has 3 nitrogen and oxygen atoms in total. The number of hydrogen-bond acceptors (Lipinski definition) is 2. The SMILES string of the molecule is CCCC(N)C(=O)NC(CC)C(C)(C)c1ccccc1. The normalized spacial score (nSPS) is 14.7. The van der Waals surface area contributed by atoms with Gasteiger partial charge in [-0.25, -0.2) is 0 Å². The molecule has 1 aromatic rings. The van der Waals surface area contributed by atoms with E-state index in [9.17, 15) is 4.79 Å². The summed E-state index contributed by atoms with van der Waals surface area (Å²) in [4.78, 5) is 12.1. The molecule has 0 bridgehead atoms. The topological polar surface area (TPSA) is 55.1 Å². The van der Waals surface area contributed by atoms with Gasteiger partial charge in [0.25, 0.3) is 0 Å². The smallest absolute Gasteiger partial charge is 0.237 e. The standard InChI is InChI=1S/C17H28N2O/c1-5-10-14(18)16(20)19-15(6-2)17(3,4)13-11-8-7-9-12-13/h7-9,11-12,14-15H,5-6,10,18H2,1-4H3,(H,19,20). The number of rotatable bonds is 7. The average molecular weight is 276 g/mol. The summed E-state index contributed by atoms with van der Waals surface area (Å²) in [6.07, 6.45) is 2.54. The monoisotopic (exact) mass is 276 g/mol. The van der Waals surface area contributed by atoms with Gasteiger partial charge in [0.1, 0.15) is 0 Å². The van der Waals surface area contributed by atoms with Crippen LogP contribution in [0.25, 0.3) is 0 Å². The third-order valence-corrected chi connectivity index (χ3v) is 4.05. The molecular formula is C17H28N2O. The van der Waals surface area contributed by atoms with Crippen molar-refractivity contribution in [2.75, 3.05) is 0 Å². The fraction of sp³-hybridized carbons (Fsp3) is 0.588. The highest BCUT2D eigenvalue weighted by molar-refractivity contribution is 5.81. The van der Waals surface area contributed by atoms with E-state index in [4.69, 9.17) is 5.73 Å². The second kappa shape index (κ2) is 7.44. The maximum Gasteiger partial charge on any atom is 0.237 e. The summed E-state index contributed by atoms with van der Waals surface area (Å²) in [6, 6.07) is 9.99. The first-order chi connectivity index (χ1) is 9.43. The minimum Gasteiger partial charge on any atom is -0.351 e. The molecule has 0 saturated heterocycles. The first kappa shape index (κ1) is 16.7. The average Bonchev–Trinajstić information content (AvgIpc) is 2.45. The molecule has 1 amide bonds.